The third-order valence-corrected chi connectivity index (χ3v) is 17.1. The molecule has 0 bridgehead atoms. The van der Waals surface area contributed by atoms with Crippen molar-refractivity contribution in [3.63, 3.8) is 0 Å². The number of fused-ring (bicyclic) bond motifs is 5. The summed E-state index contributed by atoms with van der Waals surface area (Å²) in [6, 6.07) is 12.8. The molecule has 3 heterocycles. The Labute approximate surface area is 546 Å². The number of aliphatic carboxylic acids is 5. The van der Waals surface area contributed by atoms with Crippen LogP contribution in [0.1, 0.15) is 77.2 Å². The van der Waals surface area contributed by atoms with E-state index in [4.69, 9.17) is 5.73 Å². The lowest BCUT2D eigenvalue weighted by atomic mass is 9.72. The first-order valence-corrected chi connectivity index (χ1v) is 31.9. The molecule has 3 aromatic rings. The minimum absolute atomic E-state index is 0.0300. The summed E-state index contributed by atoms with van der Waals surface area (Å²) in [4.78, 5) is 153. The Hall–Kier alpha value is -8.10. The highest BCUT2D eigenvalue weighted by atomic mass is 32.1. The third-order valence-electron chi connectivity index (χ3n) is 16.7. The maximum Gasteiger partial charge on any atom is 0.326 e. The molecule has 6 amide bonds. The fourth-order valence-electron chi connectivity index (χ4n) is 11.3. The van der Waals surface area contributed by atoms with E-state index in [0.717, 1.165) is 12.8 Å². The van der Waals surface area contributed by atoms with Crippen LogP contribution in [-0.2, 0) is 65.8 Å². The average molecular weight is 1320 g/mol. The fourth-order valence-corrected chi connectivity index (χ4v) is 11.6. The number of carbonyl (C=O) groups excluding carboxylic acids is 6. The van der Waals surface area contributed by atoms with Gasteiger partial charge in [-0.2, -0.15) is 12.6 Å². The molecule has 0 spiro atoms. The standard InChI is InChI=1S/C62H92N14O16S/c1-62(2,61(91)92)46(58(87)66-21-12-5-11-20-63)33-42(32-43(40-93)59(88)70(3)4)57(86)65-22-13-10-17-47(60(89)90)67-50(78)36-76-56-44-15-7-6-14-41(44)34-75(48-18-9-8-16-45(48)55(56)68-69-76)51(79)19-23-64-49(77)35-71-24-26-72(37-52(80)81)28-30-74(39-54(84)85)31-29-73(27-25-71)38-53(82)83/h6-9,14-16,18,42-43,46-47,93H,5,10-13,17,19-40,63H2,1-4H3,(H,64,77)(H,65,86)(H,66,87)(H,67,78)(H,80,81)(H,82,83)(H,84,85)(H,89,90)(H,91,92). The molecule has 4 unspecified atom stereocenters. The van der Waals surface area contributed by atoms with Gasteiger partial charge < -0.3 is 62.3 Å². The van der Waals surface area contributed by atoms with Crippen LogP contribution in [0.4, 0.5) is 5.69 Å². The summed E-state index contributed by atoms with van der Waals surface area (Å²) in [5, 5.41) is 69.2. The van der Waals surface area contributed by atoms with Crippen LogP contribution in [-0.4, -0.2) is 261 Å². The van der Waals surface area contributed by atoms with Crippen LogP contribution in [0, 0.1) is 23.2 Å². The van der Waals surface area contributed by atoms with Crippen molar-refractivity contribution in [1.82, 2.24) is 60.8 Å². The van der Waals surface area contributed by atoms with Crippen LogP contribution >= 0.6 is 12.6 Å². The number of anilines is 1. The molecule has 11 N–H and O–H groups in total. The van der Waals surface area contributed by atoms with Crippen molar-refractivity contribution < 1.29 is 78.3 Å². The second kappa shape index (κ2) is 37.6. The number of amides is 6. The third kappa shape index (κ3) is 23.8. The molecule has 5 rings (SSSR count). The highest BCUT2D eigenvalue weighted by Crippen LogP contribution is 2.41. The second-order valence-electron chi connectivity index (χ2n) is 24.2. The molecule has 0 saturated carbocycles. The fraction of sp³-hybridized carbons (Fsp3) is 0.597. The maximum absolute atomic E-state index is 14.4. The summed E-state index contributed by atoms with van der Waals surface area (Å²) < 4.78 is 1.36. The predicted molar refractivity (Wildman–Crippen MR) is 344 cm³/mol. The lowest BCUT2D eigenvalue weighted by Crippen LogP contribution is -2.50. The minimum atomic E-state index is -1.60. The Balaban J connectivity index is 1.24. The van der Waals surface area contributed by atoms with Gasteiger partial charge >= 0.3 is 29.8 Å². The summed E-state index contributed by atoms with van der Waals surface area (Å²) in [5.74, 6) is -11.5. The van der Waals surface area contributed by atoms with E-state index in [1.54, 1.807) is 81.1 Å². The van der Waals surface area contributed by atoms with Gasteiger partial charge in [-0.25, -0.2) is 9.48 Å². The number of nitrogens with two attached hydrogens (primary N) is 1. The van der Waals surface area contributed by atoms with Crippen molar-refractivity contribution in [2.45, 2.75) is 90.8 Å². The summed E-state index contributed by atoms with van der Waals surface area (Å²) in [7, 11) is 3.13. The van der Waals surface area contributed by atoms with Gasteiger partial charge in [0.15, 0.2) is 0 Å². The van der Waals surface area contributed by atoms with Crippen molar-refractivity contribution in [1.29, 1.82) is 0 Å². The number of hydrogen-bond acceptors (Lipinski definition) is 19. The van der Waals surface area contributed by atoms with E-state index in [-0.39, 0.29) is 161 Å². The SMILES string of the molecule is CN(C)C(=O)C(CS)CC(CC(C(=O)NCCCCCN)C(C)(C)C(=O)O)C(=O)NCCCCC(NC(=O)Cn1nnc2c1-c1ccccc1CN(C(=O)CCNC(=O)CN1CCN(CC(=O)O)CCN(CC(=O)O)CCN(CC(=O)O)CC1)c1ccccc1-2)C(=O)O. The summed E-state index contributed by atoms with van der Waals surface area (Å²) in [6.45, 7) is 3.79. The molecule has 2 aliphatic rings. The van der Waals surface area contributed by atoms with Crippen molar-refractivity contribution >= 4 is 83.6 Å². The highest BCUT2D eigenvalue weighted by Gasteiger charge is 2.44. The Morgan fingerprint density at radius 1 is 0.624 bits per heavy atom. The molecule has 2 aliphatic heterocycles. The first-order chi connectivity index (χ1) is 44.2. The number of hydrogen-bond donors (Lipinski definition) is 11. The van der Waals surface area contributed by atoms with Crippen LogP contribution < -0.4 is 31.9 Å². The van der Waals surface area contributed by atoms with Crippen LogP contribution in [0.3, 0.4) is 0 Å². The van der Waals surface area contributed by atoms with Gasteiger partial charge in [0, 0.05) is 121 Å². The summed E-state index contributed by atoms with van der Waals surface area (Å²) in [5.41, 5.74) is 6.95. The lowest BCUT2D eigenvalue weighted by molar-refractivity contribution is -0.155. The number of carboxylic acid groups (broad SMARTS) is 5. The van der Waals surface area contributed by atoms with E-state index in [0.29, 0.717) is 46.7 Å². The zero-order valence-electron chi connectivity index (χ0n) is 53.5. The zero-order valence-corrected chi connectivity index (χ0v) is 54.4. The van der Waals surface area contributed by atoms with E-state index in [1.807, 2.05) is 6.07 Å². The van der Waals surface area contributed by atoms with Gasteiger partial charge in [-0.3, -0.25) is 67.5 Å². The number of rotatable bonds is 35. The van der Waals surface area contributed by atoms with Gasteiger partial charge in [0.2, 0.25) is 35.4 Å². The van der Waals surface area contributed by atoms with Crippen molar-refractivity contribution in [3.05, 3.63) is 54.1 Å². The zero-order chi connectivity index (χ0) is 68.4. The first-order valence-electron chi connectivity index (χ1n) is 31.3. The molecule has 1 aromatic heterocycles. The number of carboxylic acids is 5. The van der Waals surface area contributed by atoms with Crippen molar-refractivity contribution in [3.8, 4) is 22.5 Å². The number of aromatic nitrogens is 3. The largest absolute Gasteiger partial charge is 0.481 e. The summed E-state index contributed by atoms with van der Waals surface area (Å²) in [6.07, 6.45) is 2.19. The predicted octanol–water partition coefficient (Wildman–Crippen LogP) is 0.299. The van der Waals surface area contributed by atoms with Gasteiger partial charge in [-0.05, 0) is 77.0 Å². The lowest BCUT2D eigenvalue weighted by Gasteiger charge is -2.33. The number of nitrogens with one attached hydrogen (secondary N) is 4. The number of nitrogens with zero attached hydrogens (tertiary/aromatic N) is 9. The van der Waals surface area contributed by atoms with Crippen LogP contribution in [0.15, 0.2) is 48.5 Å². The monoisotopic (exact) mass is 1320 g/mol. The number of benzene rings is 2. The average Bonchev–Trinajstić information content (AvgIpc) is 1.72. The second-order valence-corrected chi connectivity index (χ2v) is 24.6. The number of unbranched alkanes of at least 4 members (excludes halogenated alkanes) is 3. The number of thiol groups is 1. The topological polar surface area (TPSA) is 413 Å². The molecular formula is C62H92N14O16S. The Morgan fingerprint density at radius 3 is 1.70 bits per heavy atom. The Bertz CT molecular complexity index is 3040. The quantitative estimate of drug-likeness (QED) is 0.0279. The van der Waals surface area contributed by atoms with E-state index in [1.165, 1.54) is 23.4 Å². The molecule has 2 aromatic carbocycles. The van der Waals surface area contributed by atoms with Crippen LogP contribution in [0.2, 0.25) is 0 Å². The number of carbonyl (C=O) groups is 11. The van der Waals surface area contributed by atoms with E-state index in [2.05, 4.69) is 44.2 Å². The highest BCUT2D eigenvalue weighted by molar-refractivity contribution is 7.80. The molecule has 0 radical (unpaired) electrons. The van der Waals surface area contributed by atoms with Gasteiger partial charge in [0.25, 0.3) is 0 Å². The van der Waals surface area contributed by atoms with Gasteiger partial charge in [-0.15, -0.1) is 5.10 Å². The van der Waals surface area contributed by atoms with E-state index < -0.39 is 89.2 Å². The first kappa shape index (κ1) is 75.6. The Kier molecular flexibility index (Phi) is 30.5. The Morgan fingerprint density at radius 2 is 1.16 bits per heavy atom. The van der Waals surface area contributed by atoms with E-state index in [9.17, 15) is 78.3 Å². The molecule has 31 heteroatoms. The molecular weight excluding hydrogens is 1230 g/mol. The van der Waals surface area contributed by atoms with Crippen molar-refractivity contribution in [2.75, 3.05) is 129 Å². The normalized spacial score (nSPS) is 15.7. The number of para-hydroxylation sites is 1. The minimum Gasteiger partial charge on any atom is -0.481 e. The summed E-state index contributed by atoms with van der Waals surface area (Å²) >= 11 is 4.39. The molecule has 30 nitrogen and oxygen atoms in total. The van der Waals surface area contributed by atoms with Crippen LogP contribution in [0.25, 0.3) is 22.5 Å². The van der Waals surface area contributed by atoms with Gasteiger partial charge in [0.05, 0.1) is 55.4 Å². The molecule has 4 atom stereocenters. The molecule has 93 heavy (non-hydrogen) atoms. The van der Waals surface area contributed by atoms with Gasteiger partial charge in [0.1, 0.15) is 18.3 Å². The molecule has 0 aliphatic carbocycles. The van der Waals surface area contributed by atoms with Crippen molar-refractivity contribution in [2.24, 2.45) is 28.9 Å². The smallest absolute Gasteiger partial charge is 0.326 e. The van der Waals surface area contributed by atoms with Crippen LogP contribution in [0.5, 0.6) is 0 Å². The maximum atomic E-state index is 14.4. The molecule has 1 saturated heterocycles. The van der Waals surface area contributed by atoms with E-state index >= 15 is 0 Å². The van der Waals surface area contributed by atoms with Gasteiger partial charge in [-0.1, -0.05) is 54.1 Å². The molecule has 1 fully saturated rings. The molecule has 512 valence electrons.